The van der Waals surface area contributed by atoms with E-state index in [9.17, 15) is 14.7 Å². The number of anilines is 1. The van der Waals surface area contributed by atoms with Crippen LogP contribution in [-0.2, 0) is 4.79 Å². The second-order valence-corrected chi connectivity index (χ2v) is 6.52. The van der Waals surface area contributed by atoms with E-state index in [0.717, 1.165) is 25.7 Å². The van der Waals surface area contributed by atoms with Crippen LogP contribution in [0.3, 0.4) is 0 Å². The minimum Gasteiger partial charge on any atom is -0.388 e. The molecule has 2 N–H and O–H groups in total. The molecule has 0 unspecified atom stereocenters. The number of carbonyl (C=O) groups is 2. The first-order valence-corrected chi connectivity index (χ1v) is 7.56. The Labute approximate surface area is 122 Å². The van der Waals surface area contributed by atoms with Crippen molar-refractivity contribution >= 4 is 28.2 Å². The van der Waals surface area contributed by atoms with Gasteiger partial charge in [-0.25, -0.2) is 0 Å². The van der Waals surface area contributed by atoms with Crippen LogP contribution in [0.25, 0.3) is 0 Å². The largest absolute Gasteiger partial charge is 0.388 e. The molecule has 1 aliphatic carbocycles. The van der Waals surface area contributed by atoms with Gasteiger partial charge in [-0.05, 0) is 25.0 Å². The molecule has 1 heterocycles. The number of nitrogens with zero attached hydrogens (tertiary/aromatic N) is 1. The third-order valence-corrected chi connectivity index (χ3v) is 4.52. The first-order chi connectivity index (χ1) is 9.39. The molecule has 1 aromatic rings. The van der Waals surface area contributed by atoms with Crippen molar-refractivity contribution in [3.05, 3.63) is 17.0 Å². The number of likely N-dealkylation sites (N-methyl/N-ethyl adjacent to an activating group) is 1. The highest BCUT2D eigenvalue weighted by molar-refractivity contribution is 7.18. The summed E-state index contributed by atoms with van der Waals surface area (Å²) in [6, 6.07) is 3.42. The highest BCUT2D eigenvalue weighted by Crippen LogP contribution is 2.31. The van der Waals surface area contributed by atoms with Gasteiger partial charge in [0.2, 0.25) is 5.91 Å². The van der Waals surface area contributed by atoms with E-state index in [1.54, 1.807) is 24.1 Å². The molecule has 20 heavy (non-hydrogen) atoms. The van der Waals surface area contributed by atoms with Gasteiger partial charge < -0.3 is 15.3 Å². The maximum absolute atomic E-state index is 12.3. The Balaban J connectivity index is 1.99. The van der Waals surface area contributed by atoms with Crippen molar-refractivity contribution in [3.63, 3.8) is 0 Å². The molecule has 1 aliphatic rings. The van der Waals surface area contributed by atoms with Gasteiger partial charge in [0.15, 0.2) is 0 Å². The van der Waals surface area contributed by atoms with Gasteiger partial charge in [0.05, 0.1) is 15.5 Å². The van der Waals surface area contributed by atoms with Gasteiger partial charge in [-0.2, -0.15) is 0 Å². The summed E-state index contributed by atoms with van der Waals surface area (Å²) >= 11 is 1.25. The Morgan fingerprint density at radius 2 is 2.05 bits per heavy atom. The second kappa shape index (κ2) is 5.93. The second-order valence-electron chi connectivity index (χ2n) is 5.44. The number of rotatable bonds is 4. The maximum Gasteiger partial charge on any atom is 0.263 e. The van der Waals surface area contributed by atoms with Gasteiger partial charge in [-0.1, -0.05) is 12.8 Å². The number of aliphatic hydroxyl groups is 1. The highest BCUT2D eigenvalue weighted by Gasteiger charge is 2.33. The van der Waals surface area contributed by atoms with E-state index < -0.39 is 5.60 Å². The van der Waals surface area contributed by atoms with E-state index in [0.29, 0.717) is 16.4 Å². The molecule has 1 fully saturated rings. The molecular weight excluding hydrogens is 276 g/mol. The monoisotopic (exact) mass is 296 g/mol. The van der Waals surface area contributed by atoms with Crippen LogP contribution in [0.2, 0.25) is 0 Å². The van der Waals surface area contributed by atoms with Crippen LogP contribution >= 0.6 is 11.3 Å². The summed E-state index contributed by atoms with van der Waals surface area (Å²) in [6.07, 6.45) is 3.55. The zero-order valence-electron chi connectivity index (χ0n) is 11.8. The normalized spacial score (nSPS) is 16.9. The fourth-order valence-electron chi connectivity index (χ4n) is 2.59. The Kier molecular flexibility index (Phi) is 4.45. The van der Waals surface area contributed by atoms with E-state index in [1.165, 1.54) is 18.3 Å². The van der Waals surface area contributed by atoms with Crippen molar-refractivity contribution in [1.29, 1.82) is 0 Å². The van der Waals surface area contributed by atoms with Crippen LogP contribution in [0, 0.1) is 0 Å². The average Bonchev–Trinajstić information content (AvgIpc) is 2.97. The van der Waals surface area contributed by atoms with Crippen LogP contribution in [-0.4, -0.2) is 41.0 Å². The molecule has 110 valence electrons. The minimum atomic E-state index is -0.734. The quantitative estimate of drug-likeness (QED) is 0.894. The Morgan fingerprint density at radius 3 is 2.65 bits per heavy atom. The Bertz CT molecular complexity index is 506. The predicted octanol–water partition coefficient (Wildman–Crippen LogP) is 2.08. The maximum atomic E-state index is 12.3. The minimum absolute atomic E-state index is 0.119. The van der Waals surface area contributed by atoms with Crippen molar-refractivity contribution in [2.24, 2.45) is 0 Å². The number of carbonyl (C=O) groups excluding carboxylic acids is 2. The van der Waals surface area contributed by atoms with Crippen LogP contribution in [0.15, 0.2) is 12.1 Å². The summed E-state index contributed by atoms with van der Waals surface area (Å²) < 4.78 is 0. The molecule has 2 amide bonds. The van der Waals surface area contributed by atoms with Gasteiger partial charge in [-0.15, -0.1) is 11.3 Å². The standard InChI is InChI=1S/C14H20N2O3S/c1-10(17)15-12-6-5-11(20-12)13(18)16(2)9-14(19)7-3-4-8-14/h5-6,19H,3-4,7-9H2,1-2H3,(H,15,17). The van der Waals surface area contributed by atoms with Gasteiger partial charge in [0.1, 0.15) is 0 Å². The third kappa shape index (κ3) is 3.58. The van der Waals surface area contributed by atoms with Crippen molar-refractivity contribution in [2.45, 2.75) is 38.2 Å². The molecular formula is C14H20N2O3S. The summed E-state index contributed by atoms with van der Waals surface area (Å²) in [4.78, 5) is 25.4. The van der Waals surface area contributed by atoms with Crippen molar-refractivity contribution in [2.75, 3.05) is 18.9 Å². The van der Waals surface area contributed by atoms with E-state index in [1.807, 2.05) is 0 Å². The molecule has 1 aromatic heterocycles. The van der Waals surface area contributed by atoms with Crippen LogP contribution in [0.1, 0.15) is 42.3 Å². The fraction of sp³-hybridized carbons (Fsp3) is 0.571. The Hall–Kier alpha value is -1.40. The zero-order chi connectivity index (χ0) is 14.8. The predicted molar refractivity (Wildman–Crippen MR) is 79.0 cm³/mol. The summed E-state index contributed by atoms with van der Waals surface area (Å²) in [5.74, 6) is -0.272. The number of thiophene rings is 1. The van der Waals surface area contributed by atoms with E-state index in [4.69, 9.17) is 0 Å². The summed E-state index contributed by atoms with van der Waals surface area (Å²) in [6.45, 7) is 1.79. The summed E-state index contributed by atoms with van der Waals surface area (Å²) in [7, 11) is 1.70. The number of amides is 2. The van der Waals surface area contributed by atoms with Gasteiger partial charge in [0, 0.05) is 20.5 Å². The van der Waals surface area contributed by atoms with E-state index in [2.05, 4.69) is 5.32 Å². The van der Waals surface area contributed by atoms with Crippen LogP contribution in [0.5, 0.6) is 0 Å². The van der Waals surface area contributed by atoms with Gasteiger partial charge >= 0.3 is 0 Å². The lowest BCUT2D eigenvalue weighted by Crippen LogP contribution is -2.41. The fourth-order valence-corrected chi connectivity index (χ4v) is 3.53. The Morgan fingerprint density at radius 1 is 1.40 bits per heavy atom. The zero-order valence-corrected chi connectivity index (χ0v) is 12.6. The smallest absolute Gasteiger partial charge is 0.263 e. The summed E-state index contributed by atoms with van der Waals surface area (Å²) in [5.41, 5.74) is -0.734. The molecule has 2 rings (SSSR count). The van der Waals surface area contributed by atoms with Gasteiger partial charge in [0.25, 0.3) is 5.91 Å². The lowest BCUT2D eigenvalue weighted by Gasteiger charge is -2.28. The first-order valence-electron chi connectivity index (χ1n) is 6.75. The molecule has 5 nitrogen and oxygen atoms in total. The first kappa shape index (κ1) is 15.0. The highest BCUT2D eigenvalue weighted by atomic mass is 32.1. The number of nitrogens with one attached hydrogen (secondary N) is 1. The number of hydrogen-bond acceptors (Lipinski definition) is 4. The average molecular weight is 296 g/mol. The van der Waals surface area contributed by atoms with E-state index >= 15 is 0 Å². The molecule has 0 aromatic carbocycles. The molecule has 6 heteroatoms. The molecule has 1 saturated carbocycles. The molecule has 0 atom stereocenters. The summed E-state index contributed by atoms with van der Waals surface area (Å²) in [5, 5.41) is 13.7. The lowest BCUT2D eigenvalue weighted by atomic mass is 10.0. The topological polar surface area (TPSA) is 69.6 Å². The van der Waals surface area contributed by atoms with Gasteiger partial charge in [-0.3, -0.25) is 9.59 Å². The van der Waals surface area contributed by atoms with Crippen molar-refractivity contribution in [3.8, 4) is 0 Å². The van der Waals surface area contributed by atoms with Crippen LogP contribution < -0.4 is 5.32 Å². The molecule has 0 radical (unpaired) electrons. The molecule has 0 saturated heterocycles. The lowest BCUT2D eigenvalue weighted by molar-refractivity contribution is -0.114. The van der Waals surface area contributed by atoms with Crippen molar-refractivity contribution < 1.29 is 14.7 Å². The van der Waals surface area contributed by atoms with Crippen LogP contribution in [0.4, 0.5) is 5.00 Å². The molecule has 0 spiro atoms. The number of hydrogen-bond donors (Lipinski definition) is 2. The SMILES string of the molecule is CC(=O)Nc1ccc(C(=O)N(C)CC2(O)CCCC2)s1. The third-order valence-electron chi connectivity index (χ3n) is 3.53. The van der Waals surface area contributed by atoms with E-state index in [-0.39, 0.29) is 11.8 Å². The molecule has 0 aliphatic heterocycles. The molecule has 0 bridgehead atoms. The van der Waals surface area contributed by atoms with Crippen molar-refractivity contribution in [1.82, 2.24) is 4.90 Å².